The van der Waals surface area contributed by atoms with Crippen LogP contribution in [-0.2, 0) is 17.5 Å². The van der Waals surface area contributed by atoms with Crippen molar-refractivity contribution in [3.63, 3.8) is 0 Å². The molecule has 2 N–H and O–H groups in total. The molecule has 0 heterocycles. The second-order valence-electron chi connectivity index (χ2n) is 2.77. The summed E-state index contributed by atoms with van der Waals surface area (Å²) in [7, 11) is -0.124. The SMILES string of the molecule is C=[C](C)[Co](=[O])[CH2]CNC(=O)NC[SiH2]C. The molecule has 85 valence electrons. The molecule has 0 radical (unpaired) electrons. The van der Waals surface area contributed by atoms with Crippen molar-refractivity contribution in [1.82, 2.24) is 10.6 Å². The average molecular weight is 261 g/mol. The van der Waals surface area contributed by atoms with Crippen molar-refractivity contribution in [3.05, 3.63) is 11.1 Å². The van der Waals surface area contributed by atoms with Crippen LogP contribution in [0.4, 0.5) is 4.79 Å². The molecule has 0 unspecified atom stereocenters. The molecule has 0 saturated heterocycles. The van der Waals surface area contributed by atoms with Gasteiger partial charge in [-0.25, -0.2) is 0 Å². The van der Waals surface area contributed by atoms with Crippen LogP contribution in [0.5, 0.6) is 0 Å². The average Bonchev–Trinajstić information content (AvgIpc) is 2.14. The molecule has 0 atom stereocenters. The van der Waals surface area contributed by atoms with E-state index in [4.69, 9.17) is 0 Å². The van der Waals surface area contributed by atoms with Crippen molar-refractivity contribution in [2.75, 3.05) is 12.7 Å². The second kappa shape index (κ2) is 7.89. The molecule has 0 aromatic rings. The summed E-state index contributed by atoms with van der Waals surface area (Å²) in [6.07, 6.45) is 0.804. The maximum absolute atomic E-state index is 11.2. The third-order valence-electron chi connectivity index (χ3n) is 1.37. The van der Waals surface area contributed by atoms with Crippen LogP contribution in [0.2, 0.25) is 11.9 Å². The predicted molar refractivity (Wildman–Crippen MR) is 56.1 cm³/mol. The molecule has 0 rings (SSSR count). The van der Waals surface area contributed by atoms with Crippen molar-refractivity contribution in [3.8, 4) is 0 Å². The van der Waals surface area contributed by atoms with Gasteiger partial charge in [-0.3, -0.25) is 0 Å². The van der Waals surface area contributed by atoms with Crippen LogP contribution in [0, 0.1) is 0 Å². The zero-order valence-electron chi connectivity index (χ0n) is 8.69. The van der Waals surface area contributed by atoms with Crippen molar-refractivity contribution >= 4 is 15.6 Å². The molecule has 0 aliphatic rings. The Labute approximate surface area is 91.3 Å². The molecule has 0 saturated carbocycles. The third kappa shape index (κ3) is 6.99. The summed E-state index contributed by atoms with van der Waals surface area (Å²) in [6, 6.07) is -0.163. The van der Waals surface area contributed by atoms with E-state index in [-0.39, 0.29) is 15.6 Å². The van der Waals surface area contributed by atoms with Gasteiger partial charge in [-0.1, -0.05) is 0 Å². The molecule has 2 amide bonds. The number of rotatable bonds is 6. The van der Waals surface area contributed by atoms with Crippen molar-refractivity contribution in [2.45, 2.75) is 18.8 Å². The van der Waals surface area contributed by atoms with Gasteiger partial charge in [0.15, 0.2) is 0 Å². The minimum atomic E-state index is -1.34. The first-order chi connectivity index (χ1) is 6.57. The van der Waals surface area contributed by atoms with Gasteiger partial charge in [0.2, 0.25) is 0 Å². The molecule has 0 aromatic carbocycles. The molecule has 4 nitrogen and oxygen atoms in total. The van der Waals surface area contributed by atoms with Gasteiger partial charge in [0.25, 0.3) is 0 Å². The summed E-state index contributed by atoms with van der Waals surface area (Å²) in [6.45, 7) is 7.90. The number of nitrogens with one attached hydrogen (secondary N) is 2. The van der Waals surface area contributed by atoms with E-state index >= 15 is 0 Å². The molecule has 0 aromatic heterocycles. The summed E-state index contributed by atoms with van der Waals surface area (Å²) in [5, 5.41) is 5.85. The molecule has 0 aliphatic heterocycles. The third-order valence-corrected chi connectivity index (χ3v) is 3.85. The van der Waals surface area contributed by atoms with Crippen molar-refractivity contribution < 1.29 is 22.2 Å². The Morgan fingerprint density at radius 2 is 2.14 bits per heavy atom. The Balaban J connectivity index is 3.49. The fourth-order valence-electron chi connectivity index (χ4n) is 0.674. The van der Waals surface area contributed by atoms with E-state index in [0.29, 0.717) is 16.4 Å². The number of amides is 2. The summed E-state index contributed by atoms with van der Waals surface area (Å²) in [5.41, 5.74) is 0. The van der Waals surface area contributed by atoms with E-state index in [9.17, 15) is 8.66 Å². The maximum atomic E-state index is 11.2. The van der Waals surface area contributed by atoms with E-state index in [1.54, 1.807) is 6.92 Å². The molecular weight excluding hydrogens is 243 g/mol. The first-order valence-electron chi connectivity index (χ1n) is 4.51. The quantitative estimate of drug-likeness (QED) is 0.679. The van der Waals surface area contributed by atoms with E-state index < -0.39 is 13.6 Å². The van der Waals surface area contributed by atoms with Gasteiger partial charge < -0.3 is 0 Å². The van der Waals surface area contributed by atoms with Crippen LogP contribution in [-0.4, -0.2) is 28.3 Å². The van der Waals surface area contributed by atoms with Gasteiger partial charge in [-0.2, -0.15) is 0 Å². The first kappa shape index (κ1) is 13.5. The van der Waals surface area contributed by atoms with Crippen LogP contribution in [0.25, 0.3) is 0 Å². The molecule has 0 aliphatic carbocycles. The van der Waals surface area contributed by atoms with E-state index in [1.807, 2.05) is 0 Å². The number of hydrogen-bond acceptors (Lipinski definition) is 2. The summed E-state index contributed by atoms with van der Waals surface area (Å²) in [4.78, 5) is 11.0. The number of carbonyl (C=O) groups excluding carboxylic acids is 1. The molecule has 0 spiro atoms. The van der Waals surface area contributed by atoms with Crippen LogP contribution >= 0.6 is 0 Å². The normalized spacial score (nSPS) is 11.4. The Hall–Kier alpha value is -0.467. The number of allylic oxidation sites excluding steroid dienone is 1. The van der Waals surface area contributed by atoms with Gasteiger partial charge in [-0.15, -0.1) is 0 Å². The van der Waals surface area contributed by atoms with E-state index in [0.717, 1.165) is 6.17 Å². The first-order valence-corrected chi connectivity index (χ1v) is 8.61. The zero-order valence-corrected chi connectivity index (χ0v) is 11.1. The van der Waals surface area contributed by atoms with Gasteiger partial charge in [-0.05, 0) is 0 Å². The molecular formula is C8H18CoN2O2Si. The predicted octanol–water partition coefficient (Wildman–Crippen LogP) is 0.376. The van der Waals surface area contributed by atoms with Crippen LogP contribution < -0.4 is 10.6 Å². The van der Waals surface area contributed by atoms with Crippen molar-refractivity contribution in [2.24, 2.45) is 0 Å². The number of urea groups is 1. The van der Waals surface area contributed by atoms with Crippen LogP contribution in [0.15, 0.2) is 11.1 Å². The summed E-state index contributed by atoms with van der Waals surface area (Å²) in [5.74, 6) is 0. The molecule has 0 bridgehead atoms. The Kier molecular flexibility index (Phi) is 7.63. The van der Waals surface area contributed by atoms with Crippen molar-refractivity contribution in [1.29, 1.82) is 0 Å². The molecule has 0 fully saturated rings. The van der Waals surface area contributed by atoms with Gasteiger partial charge in [0, 0.05) is 0 Å². The van der Waals surface area contributed by atoms with Crippen LogP contribution in [0.1, 0.15) is 6.92 Å². The fraction of sp³-hybridized carbons (Fsp3) is 0.625. The minimum absolute atomic E-state index is 0.124. The standard InChI is InChI=1S/C5H13N2OSi.C3H5.Co.O/c1-3-6-5(8)7-4-9-2;1-3-2;;/h1,3-4,9H2,2H3,(H2,6,7,8);1H2,2H3;;. The molecule has 6 heteroatoms. The zero-order chi connectivity index (χ0) is 11.0. The number of carbonyl (C=O) groups is 1. The molecule has 14 heavy (non-hydrogen) atoms. The summed E-state index contributed by atoms with van der Waals surface area (Å²) >= 11 is -1.34. The van der Waals surface area contributed by atoms with Crippen LogP contribution in [0.3, 0.4) is 0 Å². The summed E-state index contributed by atoms with van der Waals surface area (Å²) < 4.78 is 11.9. The number of hydrogen-bond donors (Lipinski definition) is 2. The van der Waals surface area contributed by atoms with Gasteiger partial charge in [0.05, 0.1) is 0 Å². The van der Waals surface area contributed by atoms with Gasteiger partial charge >= 0.3 is 91.1 Å². The Bertz CT molecular complexity index is 233. The topological polar surface area (TPSA) is 58.2 Å². The Morgan fingerprint density at radius 3 is 2.64 bits per heavy atom. The fourth-order valence-corrected chi connectivity index (χ4v) is 1.96. The second-order valence-corrected chi connectivity index (χ2v) is 6.56. The Morgan fingerprint density at radius 1 is 1.50 bits per heavy atom. The monoisotopic (exact) mass is 261 g/mol. The van der Waals surface area contributed by atoms with E-state index in [2.05, 4.69) is 23.8 Å². The van der Waals surface area contributed by atoms with E-state index in [1.165, 1.54) is 0 Å². The van der Waals surface area contributed by atoms with Gasteiger partial charge in [0.1, 0.15) is 0 Å².